The molecule has 1 aromatic carbocycles. The van der Waals surface area contributed by atoms with E-state index < -0.39 is 0 Å². The Labute approximate surface area is 142 Å². The molecule has 2 heterocycles. The van der Waals surface area contributed by atoms with E-state index in [-0.39, 0.29) is 11.2 Å². The molecule has 1 aromatic heterocycles. The van der Waals surface area contributed by atoms with E-state index in [1.165, 1.54) is 36.1 Å². The van der Waals surface area contributed by atoms with Crippen LogP contribution in [0.4, 0.5) is 4.39 Å². The van der Waals surface area contributed by atoms with Gasteiger partial charge >= 0.3 is 0 Å². The molecule has 1 spiro atoms. The number of rotatable bonds is 2. The maximum atomic E-state index is 13.5. The average Bonchev–Trinajstić information content (AvgIpc) is 2.89. The molecule has 3 nitrogen and oxygen atoms in total. The Morgan fingerprint density at radius 2 is 2.12 bits per heavy atom. The number of fused-ring (bicyclic) bond motifs is 2. The van der Waals surface area contributed by atoms with Crippen molar-refractivity contribution in [2.75, 3.05) is 13.1 Å². The second kappa shape index (κ2) is 5.92. The molecule has 1 unspecified atom stereocenters. The third kappa shape index (κ3) is 2.73. The molecule has 1 aliphatic heterocycles. The molecule has 4 rings (SSSR count). The maximum absolute atomic E-state index is 13.5. The lowest BCUT2D eigenvalue weighted by Crippen LogP contribution is -2.45. The fraction of sp³-hybridized carbons (Fsp3) is 0.500. The van der Waals surface area contributed by atoms with Gasteiger partial charge in [-0.25, -0.2) is 14.4 Å². The standard InChI is InChI=1S/C20H24FN3/c1-14-10-16(4-5-18(14)21)12-24-9-3-7-20(13-24)8-6-17-11-22-15(2)23-19(17)20/h4-5,10-11H,3,6-9,12-13H2,1-2H3. The molecular weight excluding hydrogens is 301 g/mol. The fourth-order valence-electron chi connectivity index (χ4n) is 4.45. The van der Waals surface area contributed by atoms with Crippen molar-refractivity contribution in [2.24, 2.45) is 0 Å². The van der Waals surface area contributed by atoms with E-state index in [1.54, 1.807) is 6.07 Å². The van der Waals surface area contributed by atoms with Crippen LogP contribution in [0.15, 0.2) is 24.4 Å². The fourth-order valence-corrected chi connectivity index (χ4v) is 4.45. The summed E-state index contributed by atoms with van der Waals surface area (Å²) in [5, 5.41) is 0. The summed E-state index contributed by atoms with van der Waals surface area (Å²) in [5.74, 6) is 0.757. The highest BCUT2D eigenvalue weighted by Crippen LogP contribution is 2.44. The van der Waals surface area contributed by atoms with Gasteiger partial charge in [0.25, 0.3) is 0 Å². The molecule has 1 fully saturated rings. The van der Waals surface area contributed by atoms with Gasteiger partial charge in [-0.15, -0.1) is 0 Å². The van der Waals surface area contributed by atoms with Crippen LogP contribution in [0.5, 0.6) is 0 Å². The molecule has 1 atom stereocenters. The van der Waals surface area contributed by atoms with Crippen LogP contribution in [-0.4, -0.2) is 28.0 Å². The minimum Gasteiger partial charge on any atom is -0.298 e. The first-order valence-corrected chi connectivity index (χ1v) is 8.86. The number of aromatic nitrogens is 2. The minimum atomic E-state index is -0.120. The number of hydrogen-bond donors (Lipinski definition) is 0. The van der Waals surface area contributed by atoms with Gasteiger partial charge in [-0.3, -0.25) is 4.90 Å². The Balaban J connectivity index is 1.57. The summed E-state index contributed by atoms with van der Waals surface area (Å²) in [6.45, 7) is 6.87. The number of likely N-dealkylation sites (tertiary alicyclic amines) is 1. The molecule has 0 radical (unpaired) electrons. The van der Waals surface area contributed by atoms with Gasteiger partial charge in [-0.2, -0.15) is 0 Å². The molecule has 0 N–H and O–H groups in total. The number of piperidine rings is 1. The lowest BCUT2D eigenvalue weighted by molar-refractivity contribution is 0.136. The quantitative estimate of drug-likeness (QED) is 0.843. The molecule has 1 saturated heterocycles. The smallest absolute Gasteiger partial charge is 0.126 e. The van der Waals surface area contributed by atoms with Crippen molar-refractivity contribution >= 4 is 0 Å². The van der Waals surface area contributed by atoms with E-state index in [2.05, 4.69) is 9.88 Å². The third-order valence-electron chi connectivity index (χ3n) is 5.64. The largest absolute Gasteiger partial charge is 0.298 e. The van der Waals surface area contributed by atoms with Gasteiger partial charge in [-0.05, 0) is 68.8 Å². The minimum absolute atomic E-state index is 0.120. The first-order valence-electron chi connectivity index (χ1n) is 8.86. The zero-order valence-electron chi connectivity index (χ0n) is 14.5. The second-order valence-corrected chi connectivity index (χ2v) is 7.47. The van der Waals surface area contributed by atoms with E-state index >= 15 is 0 Å². The third-order valence-corrected chi connectivity index (χ3v) is 5.64. The number of aryl methyl sites for hydroxylation is 3. The molecule has 1 aliphatic carbocycles. The summed E-state index contributed by atoms with van der Waals surface area (Å²) in [6.07, 6.45) is 6.71. The highest BCUT2D eigenvalue weighted by molar-refractivity contribution is 5.34. The van der Waals surface area contributed by atoms with Crippen LogP contribution in [0, 0.1) is 19.7 Å². The van der Waals surface area contributed by atoms with Gasteiger partial charge in [0.1, 0.15) is 11.6 Å². The van der Waals surface area contributed by atoms with Gasteiger partial charge in [0.15, 0.2) is 0 Å². The van der Waals surface area contributed by atoms with E-state index in [1.807, 2.05) is 32.2 Å². The molecule has 24 heavy (non-hydrogen) atoms. The molecule has 126 valence electrons. The topological polar surface area (TPSA) is 29.0 Å². The number of benzene rings is 1. The monoisotopic (exact) mass is 325 g/mol. The van der Waals surface area contributed by atoms with Gasteiger partial charge < -0.3 is 0 Å². The van der Waals surface area contributed by atoms with Crippen molar-refractivity contribution in [1.29, 1.82) is 0 Å². The average molecular weight is 325 g/mol. The first kappa shape index (κ1) is 15.7. The first-order chi connectivity index (χ1) is 11.6. The Kier molecular flexibility index (Phi) is 3.87. The Bertz CT molecular complexity index is 769. The predicted octanol–water partition coefficient (Wildman–Crippen LogP) is 3.71. The number of halogens is 1. The van der Waals surface area contributed by atoms with E-state index in [4.69, 9.17) is 4.98 Å². The van der Waals surface area contributed by atoms with Crippen LogP contribution < -0.4 is 0 Å². The van der Waals surface area contributed by atoms with E-state index in [0.717, 1.165) is 37.4 Å². The molecular formula is C20H24FN3. The van der Waals surface area contributed by atoms with Gasteiger partial charge in [0, 0.05) is 24.7 Å². The SMILES string of the molecule is Cc1ncc2c(n1)C1(CCCN(Cc3ccc(F)c(C)c3)C1)CC2. The predicted molar refractivity (Wildman–Crippen MR) is 92.4 cm³/mol. The van der Waals surface area contributed by atoms with Crippen LogP contribution in [0.2, 0.25) is 0 Å². The second-order valence-electron chi connectivity index (χ2n) is 7.47. The Hall–Kier alpha value is -1.81. The van der Waals surface area contributed by atoms with Gasteiger partial charge in [0.05, 0.1) is 5.69 Å². The highest BCUT2D eigenvalue weighted by atomic mass is 19.1. The molecule has 0 bridgehead atoms. The summed E-state index contributed by atoms with van der Waals surface area (Å²) < 4.78 is 13.5. The van der Waals surface area contributed by atoms with Crippen molar-refractivity contribution in [3.63, 3.8) is 0 Å². The molecule has 4 heteroatoms. The van der Waals surface area contributed by atoms with E-state index in [9.17, 15) is 4.39 Å². The summed E-state index contributed by atoms with van der Waals surface area (Å²) >= 11 is 0. The maximum Gasteiger partial charge on any atom is 0.126 e. The summed E-state index contributed by atoms with van der Waals surface area (Å²) in [6, 6.07) is 5.48. The lowest BCUT2D eigenvalue weighted by Gasteiger charge is -2.40. The van der Waals surface area contributed by atoms with Crippen molar-refractivity contribution < 1.29 is 4.39 Å². The van der Waals surface area contributed by atoms with Crippen molar-refractivity contribution in [3.05, 3.63) is 58.4 Å². The zero-order chi connectivity index (χ0) is 16.7. The zero-order valence-corrected chi connectivity index (χ0v) is 14.5. The molecule has 0 amide bonds. The van der Waals surface area contributed by atoms with E-state index in [0.29, 0.717) is 0 Å². The van der Waals surface area contributed by atoms with Crippen molar-refractivity contribution in [1.82, 2.24) is 14.9 Å². The Morgan fingerprint density at radius 3 is 2.96 bits per heavy atom. The van der Waals surface area contributed by atoms with Gasteiger partial charge in [0.2, 0.25) is 0 Å². The summed E-state index contributed by atoms with van der Waals surface area (Å²) in [7, 11) is 0. The van der Waals surface area contributed by atoms with Crippen molar-refractivity contribution in [2.45, 2.75) is 51.5 Å². The van der Waals surface area contributed by atoms with Gasteiger partial charge in [-0.1, -0.05) is 12.1 Å². The summed E-state index contributed by atoms with van der Waals surface area (Å²) in [5.41, 5.74) is 4.74. The number of hydrogen-bond acceptors (Lipinski definition) is 3. The Morgan fingerprint density at radius 1 is 1.25 bits per heavy atom. The molecule has 0 saturated carbocycles. The van der Waals surface area contributed by atoms with Crippen LogP contribution in [0.1, 0.15) is 47.5 Å². The molecule has 2 aromatic rings. The van der Waals surface area contributed by atoms with Crippen LogP contribution in [0.3, 0.4) is 0 Å². The van der Waals surface area contributed by atoms with Crippen LogP contribution >= 0.6 is 0 Å². The summed E-state index contributed by atoms with van der Waals surface area (Å²) in [4.78, 5) is 11.7. The van der Waals surface area contributed by atoms with Crippen molar-refractivity contribution in [3.8, 4) is 0 Å². The normalized spacial score (nSPS) is 23.6. The highest BCUT2D eigenvalue weighted by Gasteiger charge is 2.43. The van der Waals surface area contributed by atoms with Crippen LogP contribution in [-0.2, 0) is 18.4 Å². The molecule has 2 aliphatic rings. The number of nitrogens with zero attached hydrogens (tertiary/aromatic N) is 3. The van der Waals surface area contributed by atoms with Crippen LogP contribution in [0.25, 0.3) is 0 Å². The lowest BCUT2D eigenvalue weighted by atomic mass is 9.77.